The molecule has 0 spiro atoms. The highest BCUT2D eigenvalue weighted by molar-refractivity contribution is 7.92. The van der Waals surface area contributed by atoms with Gasteiger partial charge in [-0.25, -0.2) is 13.4 Å². The van der Waals surface area contributed by atoms with Crippen LogP contribution in [0.5, 0.6) is 11.6 Å². The molecule has 166 valence electrons. The molecule has 5 rings (SSSR count). The third-order valence-corrected chi connectivity index (χ3v) is 6.68. The topological polar surface area (TPSA) is 98.5 Å². The van der Waals surface area contributed by atoms with Gasteiger partial charge in [0.05, 0.1) is 15.9 Å². The SMILES string of the molecule is CC(C)c1ccc(S(=O)(=O)Nc2ccc(Oc3nc4ccccc4n4cnnc34)cc2)cc1. The molecule has 9 heteroatoms. The van der Waals surface area contributed by atoms with Crippen molar-refractivity contribution in [2.75, 3.05) is 4.72 Å². The standard InChI is InChI=1S/C24H21N5O3S/c1-16(2)17-7-13-20(14-8-17)33(30,31)28-18-9-11-19(12-10-18)32-24-23-27-25-15-29(23)22-6-4-3-5-21(22)26-24/h3-16,28H,1-2H3. The van der Waals surface area contributed by atoms with Crippen molar-refractivity contribution in [3.8, 4) is 11.6 Å². The van der Waals surface area contributed by atoms with E-state index in [1.54, 1.807) is 42.7 Å². The fourth-order valence-corrected chi connectivity index (χ4v) is 4.55. The monoisotopic (exact) mass is 459 g/mol. The van der Waals surface area contributed by atoms with Crippen LogP contribution in [-0.2, 0) is 10.0 Å². The van der Waals surface area contributed by atoms with E-state index in [0.29, 0.717) is 28.9 Å². The van der Waals surface area contributed by atoms with Crippen LogP contribution in [-0.4, -0.2) is 28.0 Å². The minimum atomic E-state index is -3.70. The number of aromatic nitrogens is 4. The van der Waals surface area contributed by atoms with Gasteiger partial charge >= 0.3 is 0 Å². The first-order chi connectivity index (χ1) is 15.9. The van der Waals surface area contributed by atoms with Gasteiger partial charge in [-0.1, -0.05) is 38.1 Å². The number of nitrogens with zero attached hydrogens (tertiary/aromatic N) is 4. The molecule has 5 aromatic rings. The average Bonchev–Trinajstić information content (AvgIpc) is 3.31. The van der Waals surface area contributed by atoms with Crippen molar-refractivity contribution >= 4 is 32.4 Å². The molecule has 0 fully saturated rings. The van der Waals surface area contributed by atoms with E-state index >= 15 is 0 Å². The molecule has 0 bridgehead atoms. The predicted octanol–water partition coefficient (Wildman–Crippen LogP) is 4.99. The molecule has 0 saturated carbocycles. The van der Waals surface area contributed by atoms with E-state index in [-0.39, 0.29) is 4.90 Å². The highest BCUT2D eigenvalue weighted by Crippen LogP contribution is 2.28. The van der Waals surface area contributed by atoms with Gasteiger partial charge in [-0.2, -0.15) is 0 Å². The van der Waals surface area contributed by atoms with Crippen LogP contribution in [0.4, 0.5) is 5.69 Å². The molecule has 0 saturated heterocycles. The van der Waals surface area contributed by atoms with Gasteiger partial charge in [0.1, 0.15) is 12.1 Å². The molecule has 0 aliphatic heterocycles. The Hall–Kier alpha value is -3.98. The molecule has 2 heterocycles. The molecule has 0 aliphatic rings. The maximum absolute atomic E-state index is 12.7. The Balaban J connectivity index is 1.37. The van der Waals surface area contributed by atoms with Crippen molar-refractivity contribution in [1.29, 1.82) is 0 Å². The number of nitrogens with one attached hydrogen (secondary N) is 1. The molecule has 2 aromatic heterocycles. The van der Waals surface area contributed by atoms with Gasteiger partial charge in [-0.05, 0) is 60.0 Å². The lowest BCUT2D eigenvalue weighted by Gasteiger charge is -2.11. The lowest BCUT2D eigenvalue weighted by Crippen LogP contribution is -2.12. The van der Waals surface area contributed by atoms with Crippen LogP contribution in [0.25, 0.3) is 16.7 Å². The highest BCUT2D eigenvalue weighted by Gasteiger charge is 2.16. The first-order valence-electron chi connectivity index (χ1n) is 10.4. The maximum atomic E-state index is 12.7. The zero-order chi connectivity index (χ0) is 23.0. The largest absolute Gasteiger partial charge is 0.436 e. The smallest absolute Gasteiger partial charge is 0.266 e. The number of hydrogen-bond donors (Lipinski definition) is 1. The van der Waals surface area contributed by atoms with E-state index in [2.05, 4.69) is 33.8 Å². The Labute approximate surface area is 190 Å². The minimum absolute atomic E-state index is 0.210. The van der Waals surface area contributed by atoms with Crippen LogP contribution in [0.15, 0.2) is 84.0 Å². The van der Waals surface area contributed by atoms with Crippen LogP contribution in [0.2, 0.25) is 0 Å². The van der Waals surface area contributed by atoms with E-state index < -0.39 is 10.0 Å². The number of benzene rings is 3. The lowest BCUT2D eigenvalue weighted by atomic mass is 10.0. The van der Waals surface area contributed by atoms with Gasteiger partial charge in [0, 0.05) is 5.69 Å². The molecule has 0 unspecified atom stereocenters. The van der Waals surface area contributed by atoms with Crippen LogP contribution in [0, 0.1) is 0 Å². The summed E-state index contributed by atoms with van der Waals surface area (Å²) in [6.45, 7) is 4.12. The van der Waals surface area contributed by atoms with E-state index in [0.717, 1.165) is 16.6 Å². The van der Waals surface area contributed by atoms with E-state index in [9.17, 15) is 8.42 Å². The van der Waals surface area contributed by atoms with Crippen LogP contribution in [0.1, 0.15) is 25.3 Å². The van der Waals surface area contributed by atoms with Crippen molar-refractivity contribution < 1.29 is 13.2 Å². The minimum Gasteiger partial charge on any atom is -0.436 e. The van der Waals surface area contributed by atoms with Gasteiger partial charge < -0.3 is 4.74 Å². The summed E-state index contributed by atoms with van der Waals surface area (Å²) >= 11 is 0. The molecule has 0 amide bonds. The molecule has 8 nitrogen and oxygen atoms in total. The molecular weight excluding hydrogens is 438 g/mol. The van der Waals surface area contributed by atoms with Gasteiger partial charge in [-0.15, -0.1) is 10.2 Å². The Morgan fingerprint density at radius 2 is 1.67 bits per heavy atom. The molecular formula is C24H21N5O3S. The Morgan fingerprint density at radius 3 is 2.39 bits per heavy atom. The third-order valence-electron chi connectivity index (χ3n) is 5.28. The summed E-state index contributed by atoms with van der Waals surface area (Å²) < 4.78 is 35.8. The normalized spacial score (nSPS) is 11.8. The molecule has 33 heavy (non-hydrogen) atoms. The lowest BCUT2D eigenvalue weighted by molar-refractivity contribution is 0.467. The van der Waals surface area contributed by atoms with Gasteiger partial charge in [0.15, 0.2) is 0 Å². The average molecular weight is 460 g/mol. The number of rotatable bonds is 6. The molecule has 0 atom stereocenters. The van der Waals surface area contributed by atoms with E-state index in [1.807, 2.05) is 40.8 Å². The summed E-state index contributed by atoms with van der Waals surface area (Å²) in [6.07, 6.45) is 1.61. The first-order valence-corrected chi connectivity index (χ1v) is 11.9. The maximum Gasteiger partial charge on any atom is 0.266 e. The fourth-order valence-electron chi connectivity index (χ4n) is 3.50. The second kappa shape index (κ2) is 8.18. The van der Waals surface area contributed by atoms with Gasteiger partial charge in [0.25, 0.3) is 15.9 Å². The molecule has 0 radical (unpaired) electrons. The third kappa shape index (κ3) is 4.10. The summed E-state index contributed by atoms with van der Waals surface area (Å²) in [7, 11) is -3.70. The summed E-state index contributed by atoms with van der Waals surface area (Å²) in [4.78, 5) is 4.76. The highest BCUT2D eigenvalue weighted by atomic mass is 32.2. The quantitative estimate of drug-likeness (QED) is 0.384. The van der Waals surface area contributed by atoms with Crippen molar-refractivity contribution in [3.63, 3.8) is 0 Å². The van der Waals surface area contributed by atoms with Gasteiger partial charge in [-0.3, -0.25) is 9.12 Å². The zero-order valence-corrected chi connectivity index (χ0v) is 18.8. The molecule has 0 aliphatic carbocycles. The number of sulfonamides is 1. The number of hydrogen-bond acceptors (Lipinski definition) is 6. The Kier molecular flexibility index (Phi) is 5.18. The number of para-hydroxylation sites is 2. The van der Waals surface area contributed by atoms with Crippen molar-refractivity contribution in [2.24, 2.45) is 0 Å². The van der Waals surface area contributed by atoms with Crippen LogP contribution < -0.4 is 9.46 Å². The summed E-state index contributed by atoms with van der Waals surface area (Å²) in [6, 6.07) is 21.1. The molecule has 1 N–H and O–H groups in total. The first kappa shape index (κ1) is 20.9. The summed E-state index contributed by atoms with van der Waals surface area (Å²) in [5.74, 6) is 1.13. The van der Waals surface area contributed by atoms with Crippen LogP contribution >= 0.6 is 0 Å². The van der Waals surface area contributed by atoms with Crippen LogP contribution in [0.3, 0.4) is 0 Å². The number of fused-ring (bicyclic) bond motifs is 3. The van der Waals surface area contributed by atoms with Gasteiger partial charge in [0.2, 0.25) is 5.65 Å². The number of anilines is 1. The predicted molar refractivity (Wildman–Crippen MR) is 126 cm³/mol. The zero-order valence-electron chi connectivity index (χ0n) is 18.0. The fraction of sp³-hybridized carbons (Fsp3) is 0.125. The van der Waals surface area contributed by atoms with Crippen molar-refractivity contribution in [3.05, 3.63) is 84.7 Å². The van der Waals surface area contributed by atoms with Crippen molar-refractivity contribution in [1.82, 2.24) is 19.6 Å². The van der Waals surface area contributed by atoms with E-state index in [1.165, 1.54) is 0 Å². The summed E-state index contributed by atoms with van der Waals surface area (Å²) in [5, 5.41) is 8.08. The molecule has 3 aromatic carbocycles. The number of ether oxygens (including phenoxy) is 1. The second-order valence-corrected chi connectivity index (χ2v) is 9.57. The van der Waals surface area contributed by atoms with Crippen molar-refractivity contribution in [2.45, 2.75) is 24.7 Å². The second-order valence-electron chi connectivity index (χ2n) is 7.89. The van der Waals surface area contributed by atoms with E-state index in [4.69, 9.17) is 4.74 Å². The Morgan fingerprint density at radius 1 is 0.939 bits per heavy atom. The summed E-state index contributed by atoms with van der Waals surface area (Å²) in [5.41, 5.74) is 3.61. The Bertz CT molecular complexity index is 1540.